The lowest BCUT2D eigenvalue weighted by molar-refractivity contribution is -0.132. The van der Waals surface area contributed by atoms with Crippen LogP contribution in [0.25, 0.3) is 11.0 Å². The Kier molecular flexibility index (Phi) is 9.78. The fourth-order valence-electron chi connectivity index (χ4n) is 5.22. The third kappa shape index (κ3) is 7.35. The van der Waals surface area contributed by atoms with E-state index in [1.165, 1.54) is 25.6 Å². The van der Waals surface area contributed by atoms with Crippen LogP contribution in [0.5, 0.6) is 0 Å². The normalized spacial score (nSPS) is 14.6. The zero-order valence-corrected chi connectivity index (χ0v) is 22.8. The number of nitrogens with two attached hydrogens (primary N) is 1. The highest BCUT2D eigenvalue weighted by Crippen LogP contribution is 2.27. The molecule has 7 nitrogen and oxygen atoms in total. The molecule has 1 aliphatic rings. The molecule has 1 aliphatic carbocycles. The Morgan fingerprint density at radius 2 is 2.03 bits per heavy atom. The fraction of sp³-hybridized carbons (Fsp3) is 0.467. The maximum atomic E-state index is 13.5. The van der Waals surface area contributed by atoms with Crippen molar-refractivity contribution in [3.05, 3.63) is 59.1 Å². The van der Waals surface area contributed by atoms with Crippen LogP contribution in [0, 0.1) is 23.7 Å². The van der Waals surface area contributed by atoms with E-state index in [-0.39, 0.29) is 5.91 Å². The van der Waals surface area contributed by atoms with Crippen molar-refractivity contribution in [1.29, 1.82) is 0 Å². The van der Waals surface area contributed by atoms with E-state index in [1.54, 1.807) is 18.2 Å². The summed E-state index contributed by atoms with van der Waals surface area (Å²) < 4.78 is 2.10. The van der Waals surface area contributed by atoms with Crippen molar-refractivity contribution in [3.8, 4) is 11.8 Å². The van der Waals surface area contributed by atoms with Gasteiger partial charge in [-0.15, -0.1) is 0 Å². The van der Waals surface area contributed by atoms with Crippen LogP contribution in [0.15, 0.2) is 42.9 Å². The minimum Gasteiger partial charge on any atom is -0.366 e. The molecule has 4 rings (SSSR count). The van der Waals surface area contributed by atoms with Crippen molar-refractivity contribution in [2.24, 2.45) is 17.6 Å². The van der Waals surface area contributed by atoms with E-state index in [0.29, 0.717) is 47.6 Å². The van der Waals surface area contributed by atoms with E-state index in [4.69, 9.17) is 17.3 Å². The van der Waals surface area contributed by atoms with Crippen LogP contribution < -0.4 is 5.73 Å². The first-order valence-electron chi connectivity index (χ1n) is 13.6. The Morgan fingerprint density at radius 3 is 2.79 bits per heavy atom. The van der Waals surface area contributed by atoms with E-state index >= 15 is 0 Å². The van der Waals surface area contributed by atoms with Gasteiger partial charge in [0.25, 0.3) is 0 Å². The van der Waals surface area contributed by atoms with Crippen molar-refractivity contribution in [1.82, 2.24) is 19.4 Å². The third-order valence-corrected chi connectivity index (χ3v) is 7.83. The maximum Gasteiger partial charge on any atom is 0.248 e. The predicted octanol–water partition coefficient (Wildman–Crippen LogP) is 5.45. The number of carbonyl (C=O) groups excluding carboxylic acids is 2. The lowest BCUT2D eigenvalue weighted by atomic mass is 9.86. The predicted molar refractivity (Wildman–Crippen MR) is 151 cm³/mol. The van der Waals surface area contributed by atoms with Gasteiger partial charge in [0.05, 0.1) is 11.9 Å². The maximum absolute atomic E-state index is 13.5. The molecule has 0 aliphatic heterocycles. The first-order valence-corrected chi connectivity index (χ1v) is 13.9. The summed E-state index contributed by atoms with van der Waals surface area (Å²) in [6.07, 6.45) is 11.9. The van der Waals surface area contributed by atoms with Gasteiger partial charge < -0.3 is 15.2 Å². The molecule has 2 aromatic heterocycles. The van der Waals surface area contributed by atoms with Gasteiger partial charge in [0.1, 0.15) is 17.1 Å². The van der Waals surface area contributed by atoms with Crippen LogP contribution in [0.2, 0.25) is 5.15 Å². The van der Waals surface area contributed by atoms with E-state index < -0.39 is 5.91 Å². The SMILES string of the molecule is CCC(CCn1ccc2c(Cl)ncnc21)CN(CC#Cc1cccc(C(N)=O)c1)C(=O)CC1CCCCC1. The van der Waals surface area contributed by atoms with Crippen LogP contribution >= 0.6 is 11.6 Å². The topological polar surface area (TPSA) is 94.1 Å². The van der Waals surface area contributed by atoms with Crippen LogP contribution in [0.1, 0.15) is 74.2 Å². The standard InChI is InChI=1S/C30H36ClN5O2/c1-2-22(13-16-35-17-14-26-28(31)33-21-34-30(26)35)20-36(27(37)19-24-8-4-3-5-9-24)15-7-11-23-10-6-12-25(18-23)29(32)38/h6,10,12,14,17-18,21-22,24H,2-5,8-9,13,15-16,19-20H2,1H3,(H2,32,38). The summed E-state index contributed by atoms with van der Waals surface area (Å²) in [6.45, 7) is 3.97. The number of benzene rings is 1. The molecule has 0 spiro atoms. The molecule has 38 heavy (non-hydrogen) atoms. The molecule has 1 saturated carbocycles. The summed E-state index contributed by atoms with van der Waals surface area (Å²) in [4.78, 5) is 35.4. The molecule has 2 heterocycles. The minimum atomic E-state index is -0.479. The van der Waals surface area contributed by atoms with Crippen LogP contribution in [0.3, 0.4) is 0 Å². The molecule has 8 heteroatoms. The van der Waals surface area contributed by atoms with Gasteiger partial charge in [-0.25, -0.2) is 9.97 Å². The zero-order valence-electron chi connectivity index (χ0n) is 22.0. The molecule has 3 aromatic rings. The Morgan fingerprint density at radius 1 is 1.21 bits per heavy atom. The number of rotatable bonds is 10. The zero-order chi connectivity index (χ0) is 26.9. The van der Waals surface area contributed by atoms with Crippen molar-refractivity contribution in [3.63, 3.8) is 0 Å². The first-order chi connectivity index (χ1) is 18.4. The smallest absolute Gasteiger partial charge is 0.248 e. The van der Waals surface area contributed by atoms with Crippen LogP contribution in [-0.2, 0) is 11.3 Å². The van der Waals surface area contributed by atoms with Gasteiger partial charge in [0.2, 0.25) is 11.8 Å². The molecule has 1 aromatic carbocycles. The van der Waals surface area contributed by atoms with Crippen molar-refractivity contribution < 1.29 is 9.59 Å². The molecule has 0 bridgehead atoms. The Bertz CT molecular complexity index is 1320. The van der Waals surface area contributed by atoms with Crippen LogP contribution in [-0.4, -0.2) is 44.3 Å². The molecular formula is C30H36ClN5O2. The highest BCUT2D eigenvalue weighted by atomic mass is 35.5. The summed E-state index contributed by atoms with van der Waals surface area (Å²) in [7, 11) is 0. The number of hydrogen-bond donors (Lipinski definition) is 1. The van der Waals surface area contributed by atoms with Gasteiger partial charge in [-0.3, -0.25) is 9.59 Å². The largest absolute Gasteiger partial charge is 0.366 e. The number of fused-ring (bicyclic) bond motifs is 1. The third-order valence-electron chi connectivity index (χ3n) is 7.53. The van der Waals surface area contributed by atoms with Crippen LogP contribution in [0.4, 0.5) is 0 Å². The van der Waals surface area contributed by atoms with Crippen molar-refractivity contribution in [2.45, 2.75) is 64.8 Å². The number of hydrogen-bond acceptors (Lipinski definition) is 4. The molecule has 200 valence electrons. The van der Waals surface area contributed by atoms with E-state index in [0.717, 1.165) is 43.3 Å². The number of aromatic nitrogens is 3. The van der Waals surface area contributed by atoms with Gasteiger partial charge in [0, 0.05) is 36.8 Å². The quantitative estimate of drug-likeness (QED) is 0.277. The molecule has 1 atom stereocenters. The molecule has 0 saturated heterocycles. The van der Waals surface area contributed by atoms with E-state index in [1.807, 2.05) is 23.2 Å². The number of halogens is 1. The molecular weight excluding hydrogens is 498 g/mol. The van der Waals surface area contributed by atoms with E-state index in [9.17, 15) is 9.59 Å². The number of nitrogens with zero attached hydrogens (tertiary/aromatic N) is 4. The second-order valence-electron chi connectivity index (χ2n) is 10.2. The lowest BCUT2D eigenvalue weighted by Crippen LogP contribution is -2.37. The monoisotopic (exact) mass is 533 g/mol. The molecule has 1 fully saturated rings. The average molecular weight is 534 g/mol. The summed E-state index contributed by atoms with van der Waals surface area (Å²) >= 11 is 6.22. The number of carbonyl (C=O) groups is 2. The van der Waals surface area contributed by atoms with Gasteiger partial charge in [-0.2, -0.15) is 0 Å². The Balaban J connectivity index is 1.45. The summed E-state index contributed by atoms with van der Waals surface area (Å²) in [5.41, 5.74) is 7.38. The second-order valence-corrected chi connectivity index (χ2v) is 10.6. The Labute approximate surface area is 229 Å². The molecule has 1 unspecified atom stereocenters. The number of primary amides is 1. The number of aryl methyl sites for hydroxylation is 1. The van der Waals surface area contributed by atoms with E-state index in [2.05, 4.69) is 33.3 Å². The summed E-state index contributed by atoms with van der Waals surface area (Å²) in [5, 5.41) is 1.31. The van der Waals surface area contributed by atoms with Gasteiger partial charge in [0.15, 0.2) is 0 Å². The molecule has 2 N–H and O–H groups in total. The number of amides is 2. The van der Waals surface area contributed by atoms with Gasteiger partial charge in [-0.05, 0) is 55.4 Å². The molecule has 2 amide bonds. The average Bonchev–Trinajstić information content (AvgIpc) is 3.35. The fourth-order valence-corrected chi connectivity index (χ4v) is 5.41. The summed E-state index contributed by atoms with van der Waals surface area (Å²) in [5.74, 6) is 6.79. The first kappa shape index (κ1) is 27.7. The minimum absolute atomic E-state index is 0.182. The Hall–Kier alpha value is -3.37. The van der Waals surface area contributed by atoms with Crippen molar-refractivity contribution in [2.75, 3.05) is 13.1 Å². The highest BCUT2D eigenvalue weighted by Gasteiger charge is 2.23. The summed E-state index contributed by atoms with van der Waals surface area (Å²) in [6, 6.07) is 8.93. The molecule has 0 radical (unpaired) electrons. The van der Waals surface area contributed by atoms with Crippen molar-refractivity contribution >= 4 is 34.4 Å². The lowest BCUT2D eigenvalue weighted by Gasteiger charge is -2.28. The highest BCUT2D eigenvalue weighted by molar-refractivity contribution is 6.33. The second kappa shape index (κ2) is 13.4. The van der Waals surface area contributed by atoms with Gasteiger partial charge in [-0.1, -0.05) is 62.1 Å². The van der Waals surface area contributed by atoms with Gasteiger partial charge >= 0.3 is 0 Å².